The molecule has 0 aliphatic carbocycles. The lowest BCUT2D eigenvalue weighted by molar-refractivity contribution is 0.0342. The Morgan fingerprint density at radius 2 is 2.13 bits per heavy atom. The van der Waals surface area contributed by atoms with Crippen LogP contribution in [0, 0.1) is 0 Å². The minimum absolute atomic E-state index is 0.267. The number of hydrogen-bond acceptors (Lipinski definition) is 6. The quantitative estimate of drug-likeness (QED) is 0.502. The van der Waals surface area contributed by atoms with Crippen molar-refractivity contribution < 1.29 is 9.47 Å². The topological polar surface area (TPSA) is 88.8 Å². The van der Waals surface area contributed by atoms with Crippen molar-refractivity contribution in [1.82, 2.24) is 30.3 Å². The number of nitrogens with one attached hydrogen (secondary N) is 2. The summed E-state index contributed by atoms with van der Waals surface area (Å²) < 4.78 is 12.6. The zero-order chi connectivity index (χ0) is 21.5. The van der Waals surface area contributed by atoms with Gasteiger partial charge in [0.15, 0.2) is 11.8 Å². The van der Waals surface area contributed by atoms with Crippen LogP contribution in [0.5, 0.6) is 0 Å². The smallest absolute Gasteiger partial charge is 0.191 e. The van der Waals surface area contributed by atoms with E-state index in [4.69, 9.17) is 9.47 Å². The van der Waals surface area contributed by atoms with Crippen molar-refractivity contribution >= 4 is 5.96 Å². The Hall–Kier alpha value is -2.49. The highest BCUT2D eigenvalue weighted by Crippen LogP contribution is 2.14. The van der Waals surface area contributed by atoms with Gasteiger partial charge in [-0.3, -0.25) is 9.89 Å². The highest BCUT2D eigenvalue weighted by Gasteiger charge is 2.22. The standard InChI is InChI=1S/C22H33N7O2/c1-23-22(25-19-6-7-21-26-20(16-30-2)27-29(21)15-19)24-13-17-4-3-5-18(12-17)14-28-8-10-31-11-9-28/h3-5,12,19H,6-11,13-16H2,1-2H3,(H2,23,24,25). The summed E-state index contributed by atoms with van der Waals surface area (Å²) >= 11 is 0. The molecular formula is C22H33N7O2. The molecule has 1 saturated heterocycles. The third kappa shape index (κ3) is 6.03. The van der Waals surface area contributed by atoms with Crippen LogP contribution in [-0.2, 0) is 42.1 Å². The number of rotatable bonds is 7. The van der Waals surface area contributed by atoms with Crippen LogP contribution in [-0.4, -0.2) is 72.1 Å². The molecule has 0 bridgehead atoms. The molecule has 168 valence electrons. The molecule has 1 unspecified atom stereocenters. The first-order valence-electron chi connectivity index (χ1n) is 11.0. The second-order valence-corrected chi connectivity index (χ2v) is 8.07. The molecule has 2 N–H and O–H groups in total. The summed E-state index contributed by atoms with van der Waals surface area (Å²) in [5, 5.41) is 11.5. The predicted molar refractivity (Wildman–Crippen MR) is 119 cm³/mol. The fourth-order valence-electron chi connectivity index (χ4n) is 4.10. The molecule has 31 heavy (non-hydrogen) atoms. The maximum absolute atomic E-state index is 5.45. The minimum atomic E-state index is 0.267. The van der Waals surface area contributed by atoms with Crippen molar-refractivity contribution in [2.45, 2.75) is 45.1 Å². The van der Waals surface area contributed by atoms with Crippen molar-refractivity contribution in [3.8, 4) is 0 Å². The number of nitrogens with zero attached hydrogens (tertiary/aromatic N) is 5. The lowest BCUT2D eigenvalue weighted by atomic mass is 10.1. The fourth-order valence-corrected chi connectivity index (χ4v) is 4.10. The molecule has 4 rings (SSSR count). The third-order valence-corrected chi connectivity index (χ3v) is 5.70. The molecule has 1 aromatic heterocycles. The molecule has 2 aliphatic heterocycles. The van der Waals surface area contributed by atoms with Gasteiger partial charge in [0.05, 0.1) is 19.8 Å². The minimum Gasteiger partial charge on any atom is -0.379 e. The van der Waals surface area contributed by atoms with Crippen LogP contribution in [0.2, 0.25) is 0 Å². The normalized spacial score (nSPS) is 19.8. The van der Waals surface area contributed by atoms with Gasteiger partial charge in [-0.15, -0.1) is 0 Å². The molecule has 9 heteroatoms. The van der Waals surface area contributed by atoms with Gasteiger partial charge in [-0.25, -0.2) is 9.67 Å². The van der Waals surface area contributed by atoms with E-state index in [1.807, 2.05) is 11.7 Å². The first kappa shape index (κ1) is 21.7. The maximum atomic E-state index is 5.45. The Morgan fingerprint density at radius 1 is 1.29 bits per heavy atom. The Morgan fingerprint density at radius 3 is 2.94 bits per heavy atom. The lowest BCUT2D eigenvalue weighted by Crippen LogP contribution is -2.46. The van der Waals surface area contributed by atoms with Gasteiger partial charge in [-0.05, 0) is 17.5 Å². The maximum Gasteiger partial charge on any atom is 0.191 e. The van der Waals surface area contributed by atoms with E-state index in [2.05, 4.69) is 54.9 Å². The molecule has 1 aromatic carbocycles. The number of aryl methyl sites for hydroxylation is 1. The molecule has 0 spiro atoms. The SMILES string of the molecule is CN=C(NCc1cccc(CN2CCOCC2)c1)NC1CCc2nc(COC)nn2C1. The summed E-state index contributed by atoms with van der Waals surface area (Å²) in [5.41, 5.74) is 2.59. The van der Waals surface area contributed by atoms with E-state index in [0.717, 1.165) is 76.4 Å². The van der Waals surface area contributed by atoms with Crippen molar-refractivity contribution in [3.63, 3.8) is 0 Å². The summed E-state index contributed by atoms with van der Waals surface area (Å²) in [4.78, 5) is 11.4. The number of guanidine groups is 1. The first-order valence-corrected chi connectivity index (χ1v) is 11.0. The fraction of sp³-hybridized carbons (Fsp3) is 0.591. The number of aromatic nitrogens is 3. The van der Waals surface area contributed by atoms with Crippen molar-refractivity contribution in [2.24, 2.45) is 4.99 Å². The largest absolute Gasteiger partial charge is 0.379 e. The van der Waals surface area contributed by atoms with Gasteiger partial charge in [0.2, 0.25) is 0 Å². The van der Waals surface area contributed by atoms with Crippen molar-refractivity contribution in [2.75, 3.05) is 40.5 Å². The van der Waals surface area contributed by atoms with Crippen molar-refractivity contribution in [3.05, 3.63) is 47.0 Å². The van der Waals surface area contributed by atoms with E-state index in [0.29, 0.717) is 6.61 Å². The van der Waals surface area contributed by atoms with Gasteiger partial charge in [-0.1, -0.05) is 24.3 Å². The number of hydrogen-bond donors (Lipinski definition) is 2. The zero-order valence-electron chi connectivity index (χ0n) is 18.5. The molecule has 2 aromatic rings. The van der Waals surface area contributed by atoms with Gasteiger partial charge >= 0.3 is 0 Å². The van der Waals surface area contributed by atoms with Crippen LogP contribution >= 0.6 is 0 Å². The Balaban J connectivity index is 1.28. The van der Waals surface area contributed by atoms with Gasteiger partial charge in [-0.2, -0.15) is 5.10 Å². The summed E-state index contributed by atoms with van der Waals surface area (Å²) in [5.74, 6) is 2.59. The van der Waals surface area contributed by atoms with Crippen LogP contribution in [0.25, 0.3) is 0 Å². The molecule has 0 radical (unpaired) electrons. The Labute approximate surface area is 183 Å². The second-order valence-electron chi connectivity index (χ2n) is 8.07. The van der Waals surface area contributed by atoms with Crippen LogP contribution in [0.15, 0.2) is 29.3 Å². The zero-order valence-corrected chi connectivity index (χ0v) is 18.5. The summed E-state index contributed by atoms with van der Waals surface area (Å²) in [6, 6.07) is 9.02. The van der Waals surface area contributed by atoms with Crippen LogP contribution < -0.4 is 10.6 Å². The molecular weight excluding hydrogens is 394 g/mol. The van der Waals surface area contributed by atoms with Crippen LogP contribution in [0.3, 0.4) is 0 Å². The number of aliphatic imine (C=N–C) groups is 1. The Kier molecular flexibility index (Phi) is 7.50. The second kappa shape index (κ2) is 10.7. The highest BCUT2D eigenvalue weighted by atomic mass is 16.5. The third-order valence-electron chi connectivity index (χ3n) is 5.70. The predicted octanol–water partition coefficient (Wildman–Crippen LogP) is 0.937. The van der Waals surface area contributed by atoms with Gasteiger partial charge in [0.25, 0.3) is 0 Å². The van der Waals surface area contributed by atoms with Crippen molar-refractivity contribution in [1.29, 1.82) is 0 Å². The summed E-state index contributed by atoms with van der Waals surface area (Å²) in [7, 11) is 3.48. The van der Waals surface area contributed by atoms with E-state index >= 15 is 0 Å². The number of morpholine rings is 1. The molecule has 2 aliphatic rings. The van der Waals surface area contributed by atoms with E-state index in [1.165, 1.54) is 11.1 Å². The van der Waals surface area contributed by atoms with Gasteiger partial charge < -0.3 is 20.1 Å². The highest BCUT2D eigenvalue weighted by molar-refractivity contribution is 5.79. The van der Waals surface area contributed by atoms with Gasteiger partial charge in [0.1, 0.15) is 12.4 Å². The van der Waals surface area contributed by atoms with Crippen LogP contribution in [0.1, 0.15) is 29.2 Å². The molecule has 0 saturated carbocycles. The average Bonchev–Trinajstić information content (AvgIpc) is 3.19. The van der Waals surface area contributed by atoms with Gasteiger partial charge in [0, 0.05) is 52.8 Å². The molecule has 3 heterocycles. The number of benzene rings is 1. The monoisotopic (exact) mass is 427 g/mol. The van der Waals surface area contributed by atoms with E-state index in [1.54, 1.807) is 7.11 Å². The lowest BCUT2D eigenvalue weighted by Gasteiger charge is -2.27. The van der Waals surface area contributed by atoms with E-state index in [-0.39, 0.29) is 6.04 Å². The average molecular weight is 428 g/mol. The summed E-state index contributed by atoms with van der Waals surface area (Å²) in [6.07, 6.45) is 1.90. The molecule has 9 nitrogen and oxygen atoms in total. The van der Waals surface area contributed by atoms with E-state index < -0.39 is 0 Å². The molecule has 1 fully saturated rings. The molecule has 1 atom stereocenters. The summed E-state index contributed by atoms with van der Waals surface area (Å²) in [6.45, 7) is 6.59. The Bertz CT molecular complexity index is 876. The number of ether oxygens (including phenoxy) is 2. The van der Waals surface area contributed by atoms with E-state index in [9.17, 15) is 0 Å². The first-order chi connectivity index (χ1) is 15.2. The number of methoxy groups -OCH3 is 1. The van der Waals surface area contributed by atoms with Crippen LogP contribution in [0.4, 0.5) is 0 Å². The molecule has 0 amide bonds. The number of fused-ring (bicyclic) bond motifs is 1.